The predicted molar refractivity (Wildman–Crippen MR) is 94.6 cm³/mol. The Morgan fingerprint density at radius 2 is 2.17 bits per heavy atom. The molecule has 1 saturated heterocycles. The molecule has 0 spiro atoms. The number of carbonyl (C=O) groups is 1. The van der Waals surface area contributed by atoms with Crippen LogP contribution < -0.4 is 9.64 Å². The average Bonchev–Trinajstić information content (AvgIpc) is 3.07. The molecule has 1 aliphatic heterocycles. The summed E-state index contributed by atoms with van der Waals surface area (Å²) in [6.07, 6.45) is 0. The number of carbonyl (C=O) groups excluding carboxylic acids is 1. The van der Waals surface area contributed by atoms with E-state index in [0.29, 0.717) is 25.6 Å². The second kappa shape index (κ2) is 7.17. The van der Waals surface area contributed by atoms with Crippen LogP contribution in [0, 0.1) is 0 Å². The topological polar surface area (TPSA) is 58.6 Å². The number of amides is 1. The lowest BCUT2D eigenvalue weighted by Crippen LogP contribution is -2.50. The van der Waals surface area contributed by atoms with Gasteiger partial charge in [-0.15, -0.1) is 0 Å². The zero-order valence-electron chi connectivity index (χ0n) is 14.2. The van der Waals surface area contributed by atoms with E-state index in [1.807, 2.05) is 34.1 Å². The van der Waals surface area contributed by atoms with Crippen molar-refractivity contribution in [2.45, 2.75) is 26.3 Å². The Morgan fingerprint density at radius 3 is 2.83 bits per heavy atom. The maximum absolute atomic E-state index is 12.5. The first-order chi connectivity index (χ1) is 11.6. The van der Waals surface area contributed by atoms with Crippen LogP contribution in [-0.4, -0.2) is 46.9 Å². The van der Waals surface area contributed by atoms with E-state index in [0.717, 1.165) is 28.8 Å². The minimum Gasteiger partial charge on any atom is -0.497 e. The van der Waals surface area contributed by atoms with Gasteiger partial charge in [0.2, 0.25) is 11.0 Å². The highest BCUT2D eigenvalue weighted by Crippen LogP contribution is 2.23. The maximum Gasteiger partial charge on any atom is 0.242 e. The van der Waals surface area contributed by atoms with Gasteiger partial charge in [0, 0.05) is 37.1 Å². The van der Waals surface area contributed by atoms with E-state index < -0.39 is 0 Å². The zero-order valence-corrected chi connectivity index (χ0v) is 15.0. The van der Waals surface area contributed by atoms with Crippen molar-refractivity contribution in [3.63, 3.8) is 0 Å². The van der Waals surface area contributed by atoms with Crippen LogP contribution in [0.25, 0.3) is 0 Å². The molecule has 24 heavy (non-hydrogen) atoms. The number of rotatable bonds is 5. The Kier molecular flexibility index (Phi) is 4.99. The van der Waals surface area contributed by atoms with Crippen molar-refractivity contribution < 1.29 is 9.53 Å². The first-order valence-electron chi connectivity index (χ1n) is 8.06. The Balaban J connectivity index is 1.63. The minimum atomic E-state index is 0.116. The van der Waals surface area contributed by atoms with Gasteiger partial charge in [0.25, 0.3) is 0 Å². The fourth-order valence-corrected chi connectivity index (χ4v) is 3.45. The highest BCUT2D eigenvalue weighted by atomic mass is 32.1. The van der Waals surface area contributed by atoms with Crippen molar-refractivity contribution in [1.82, 2.24) is 14.3 Å². The highest BCUT2D eigenvalue weighted by molar-refractivity contribution is 7.09. The molecule has 0 radical (unpaired) electrons. The van der Waals surface area contributed by atoms with E-state index >= 15 is 0 Å². The second-order valence-corrected chi connectivity index (χ2v) is 6.91. The largest absolute Gasteiger partial charge is 0.497 e. The highest BCUT2D eigenvalue weighted by Gasteiger charge is 2.26. The monoisotopic (exact) mass is 346 g/mol. The van der Waals surface area contributed by atoms with E-state index in [9.17, 15) is 4.79 Å². The number of piperazine rings is 1. The minimum absolute atomic E-state index is 0.116. The molecule has 0 atom stereocenters. The van der Waals surface area contributed by atoms with E-state index in [4.69, 9.17) is 4.74 Å². The molecule has 0 saturated carbocycles. The summed E-state index contributed by atoms with van der Waals surface area (Å²) in [5, 5.41) is 0.841. The molecule has 0 aliphatic carbocycles. The standard InChI is InChI=1S/C17H22N4O2S/c1-12(2)16-18-17(24-19-16)21-8-7-20(15(22)11-21)10-13-5-4-6-14(9-13)23-3/h4-6,9,12H,7-8,10-11H2,1-3H3. The molecule has 128 valence electrons. The van der Waals surface area contributed by atoms with Gasteiger partial charge in [-0.3, -0.25) is 4.79 Å². The third-order valence-corrected chi connectivity index (χ3v) is 4.84. The molecule has 0 bridgehead atoms. The van der Waals surface area contributed by atoms with Crippen molar-refractivity contribution in [2.75, 3.05) is 31.6 Å². The second-order valence-electron chi connectivity index (χ2n) is 6.18. The summed E-state index contributed by atoms with van der Waals surface area (Å²) in [7, 11) is 1.65. The van der Waals surface area contributed by atoms with Crippen LogP contribution >= 0.6 is 11.5 Å². The fraction of sp³-hybridized carbons (Fsp3) is 0.471. The molecule has 1 aromatic carbocycles. The molecule has 3 rings (SSSR count). The zero-order chi connectivity index (χ0) is 17.1. The summed E-state index contributed by atoms with van der Waals surface area (Å²) in [6, 6.07) is 7.84. The number of nitrogens with zero attached hydrogens (tertiary/aromatic N) is 4. The number of methoxy groups -OCH3 is 1. The third kappa shape index (κ3) is 3.67. The first kappa shape index (κ1) is 16.7. The van der Waals surface area contributed by atoms with Crippen LogP contribution in [0.3, 0.4) is 0 Å². The maximum atomic E-state index is 12.5. The Labute approximate surface area is 146 Å². The van der Waals surface area contributed by atoms with Gasteiger partial charge in [0.05, 0.1) is 13.7 Å². The van der Waals surface area contributed by atoms with Crippen LogP contribution in [-0.2, 0) is 11.3 Å². The lowest BCUT2D eigenvalue weighted by Gasteiger charge is -2.34. The van der Waals surface area contributed by atoms with Crippen molar-refractivity contribution in [2.24, 2.45) is 0 Å². The van der Waals surface area contributed by atoms with E-state index in [1.54, 1.807) is 7.11 Å². The molecule has 0 N–H and O–H groups in total. The molecule has 1 fully saturated rings. The van der Waals surface area contributed by atoms with Crippen LogP contribution in [0.4, 0.5) is 5.13 Å². The molecular weight excluding hydrogens is 324 g/mol. The van der Waals surface area contributed by atoms with Crippen molar-refractivity contribution in [3.05, 3.63) is 35.7 Å². The summed E-state index contributed by atoms with van der Waals surface area (Å²) in [6.45, 7) is 6.58. The van der Waals surface area contributed by atoms with Gasteiger partial charge < -0.3 is 14.5 Å². The van der Waals surface area contributed by atoms with E-state index in [-0.39, 0.29) is 5.91 Å². The third-order valence-electron chi connectivity index (χ3n) is 4.04. The van der Waals surface area contributed by atoms with Crippen LogP contribution in [0.1, 0.15) is 31.2 Å². The Hall–Kier alpha value is -2.15. The molecule has 1 aromatic heterocycles. The van der Waals surface area contributed by atoms with Gasteiger partial charge in [-0.2, -0.15) is 4.37 Å². The molecule has 1 aliphatic rings. The Morgan fingerprint density at radius 1 is 1.33 bits per heavy atom. The number of benzene rings is 1. The summed E-state index contributed by atoms with van der Waals surface area (Å²) in [5.41, 5.74) is 1.08. The van der Waals surface area contributed by atoms with Gasteiger partial charge in [0.1, 0.15) is 11.6 Å². The lowest BCUT2D eigenvalue weighted by atomic mass is 10.2. The number of ether oxygens (including phenoxy) is 1. The van der Waals surface area contributed by atoms with Crippen LogP contribution in [0.5, 0.6) is 5.75 Å². The van der Waals surface area contributed by atoms with Crippen molar-refractivity contribution in [1.29, 1.82) is 0 Å². The number of hydrogen-bond donors (Lipinski definition) is 0. The fourth-order valence-electron chi connectivity index (χ4n) is 2.62. The molecule has 0 unspecified atom stereocenters. The molecular formula is C17H22N4O2S. The summed E-state index contributed by atoms with van der Waals surface area (Å²) in [4.78, 5) is 20.9. The smallest absolute Gasteiger partial charge is 0.242 e. The summed E-state index contributed by atoms with van der Waals surface area (Å²) >= 11 is 1.37. The first-order valence-corrected chi connectivity index (χ1v) is 8.83. The van der Waals surface area contributed by atoms with E-state index in [1.165, 1.54) is 11.5 Å². The van der Waals surface area contributed by atoms with Gasteiger partial charge in [-0.25, -0.2) is 4.98 Å². The average molecular weight is 346 g/mol. The quantitative estimate of drug-likeness (QED) is 0.833. The summed E-state index contributed by atoms with van der Waals surface area (Å²) < 4.78 is 9.61. The van der Waals surface area contributed by atoms with Gasteiger partial charge >= 0.3 is 0 Å². The number of anilines is 1. The van der Waals surface area contributed by atoms with Crippen molar-refractivity contribution in [3.8, 4) is 5.75 Å². The number of hydrogen-bond acceptors (Lipinski definition) is 6. The SMILES string of the molecule is COc1cccc(CN2CCN(c3nc(C(C)C)ns3)CC2=O)c1. The molecule has 7 heteroatoms. The Bertz CT molecular complexity index is 716. The normalized spacial score (nSPS) is 15.2. The summed E-state index contributed by atoms with van der Waals surface area (Å²) in [5.74, 6) is 2.08. The van der Waals surface area contributed by atoms with Crippen molar-refractivity contribution >= 4 is 22.6 Å². The van der Waals surface area contributed by atoms with Crippen LogP contribution in [0.15, 0.2) is 24.3 Å². The van der Waals surface area contributed by atoms with Gasteiger partial charge in [-0.1, -0.05) is 26.0 Å². The molecule has 6 nitrogen and oxygen atoms in total. The lowest BCUT2D eigenvalue weighted by molar-refractivity contribution is -0.131. The molecule has 2 heterocycles. The molecule has 2 aromatic rings. The van der Waals surface area contributed by atoms with E-state index in [2.05, 4.69) is 23.2 Å². The van der Waals surface area contributed by atoms with Gasteiger partial charge in [0.15, 0.2) is 0 Å². The predicted octanol–water partition coefficient (Wildman–Crippen LogP) is 2.52. The number of aromatic nitrogens is 2. The molecule has 1 amide bonds. The van der Waals surface area contributed by atoms with Crippen LogP contribution in [0.2, 0.25) is 0 Å². The van der Waals surface area contributed by atoms with Gasteiger partial charge in [-0.05, 0) is 17.7 Å².